The topological polar surface area (TPSA) is 41.9 Å². The van der Waals surface area contributed by atoms with Crippen LogP contribution in [0.25, 0.3) is 11.1 Å². The Morgan fingerprint density at radius 1 is 0.906 bits per heavy atom. The summed E-state index contributed by atoms with van der Waals surface area (Å²) in [6.45, 7) is 3.03. The van der Waals surface area contributed by atoms with E-state index in [1.165, 1.54) is 0 Å². The van der Waals surface area contributed by atoms with E-state index in [0.29, 0.717) is 19.7 Å². The van der Waals surface area contributed by atoms with E-state index in [-0.39, 0.29) is 11.6 Å². The van der Waals surface area contributed by atoms with Crippen molar-refractivity contribution < 1.29 is 22.7 Å². The van der Waals surface area contributed by atoms with Gasteiger partial charge in [0.05, 0.1) is 12.2 Å². The third kappa shape index (κ3) is 4.51. The molecule has 32 heavy (non-hydrogen) atoms. The van der Waals surface area contributed by atoms with Gasteiger partial charge in [-0.3, -0.25) is 4.79 Å². The normalized spacial score (nSPS) is 13.8. The maximum Gasteiger partial charge on any atom is 0.416 e. The highest BCUT2D eigenvalue weighted by molar-refractivity contribution is 6.01. The van der Waals surface area contributed by atoms with E-state index in [9.17, 15) is 18.0 Å². The lowest BCUT2D eigenvalue weighted by molar-refractivity contribution is -0.137. The molecule has 0 bridgehead atoms. The molecule has 4 rings (SSSR count). The Morgan fingerprint density at radius 2 is 1.44 bits per heavy atom. The van der Waals surface area contributed by atoms with Crippen LogP contribution in [-0.4, -0.2) is 23.4 Å². The first-order chi connectivity index (χ1) is 15.4. The minimum atomic E-state index is -4.46. The Hall–Kier alpha value is -3.61. The van der Waals surface area contributed by atoms with Gasteiger partial charge in [-0.2, -0.15) is 18.2 Å². The predicted octanol–water partition coefficient (Wildman–Crippen LogP) is 5.92. The van der Waals surface area contributed by atoms with E-state index in [0.717, 1.165) is 46.5 Å². The van der Waals surface area contributed by atoms with Crippen LogP contribution in [0.3, 0.4) is 0 Å². The van der Waals surface area contributed by atoms with Crippen molar-refractivity contribution in [3.05, 3.63) is 95.1 Å². The Bertz CT molecular complexity index is 1110. The van der Waals surface area contributed by atoms with Crippen molar-refractivity contribution in [2.45, 2.75) is 26.2 Å². The van der Waals surface area contributed by atoms with Crippen LogP contribution in [0.2, 0.25) is 0 Å². The number of halogens is 3. The zero-order chi connectivity index (χ0) is 22.7. The van der Waals surface area contributed by atoms with Crippen molar-refractivity contribution in [1.82, 2.24) is 4.90 Å². The zero-order valence-electron chi connectivity index (χ0n) is 17.4. The summed E-state index contributed by atoms with van der Waals surface area (Å²) in [4.78, 5) is 18.7. The van der Waals surface area contributed by atoms with Crippen LogP contribution in [0.4, 0.5) is 13.2 Å². The Balaban J connectivity index is 1.68. The van der Waals surface area contributed by atoms with Crippen LogP contribution in [0.1, 0.15) is 34.0 Å². The average Bonchev–Trinajstić information content (AvgIpc) is 2.95. The molecule has 4 nitrogen and oxygen atoms in total. The van der Waals surface area contributed by atoms with Gasteiger partial charge in [-0.25, -0.2) is 0 Å². The van der Waals surface area contributed by atoms with Crippen LogP contribution >= 0.6 is 0 Å². The monoisotopic (exact) mass is 438 g/mol. The van der Waals surface area contributed by atoms with Crippen molar-refractivity contribution in [1.29, 1.82) is 0 Å². The van der Waals surface area contributed by atoms with E-state index >= 15 is 0 Å². The number of ether oxygens (including phenoxy) is 1. The second-order valence-corrected chi connectivity index (χ2v) is 7.38. The van der Waals surface area contributed by atoms with Gasteiger partial charge in [-0.1, -0.05) is 48.5 Å². The highest BCUT2D eigenvalue weighted by Gasteiger charge is 2.30. The Morgan fingerprint density at radius 3 is 1.94 bits per heavy atom. The summed E-state index contributed by atoms with van der Waals surface area (Å²) in [7, 11) is 0. The standard InChI is InChI=1S/C25H21F3N2O2/c1-2-32-24(29-23(31)17-11-13-20(14-12-17)25(26,27)28)30-15-18-7-3-5-9-21(18)22-10-6-4-8-19(22)16-30/h3-14H,2,15-16H2,1H3. The second kappa shape index (κ2) is 8.86. The number of carbonyl (C=O) groups excluding carboxylic acids is 1. The van der Waals surface area contributed by atoms with Gasteiger partial charge in [0.2, 0.25) is 0 Å². The van der Waals surface area contributed by atoms with Crippen molar-refractivity contribution in [2.24, 2.45) is 4.99 Å². The number of amidine groups is 1. The second-order valence-electron chi connectivity index (χ2n) is 7.38. The molecule has 0 saturated carbocycles. The number of alkyl halides is 3. The molecule has 3 aromatic carbocycles. The molecule has 1 aliphatic heterocycles. The number of rotatable bonds is 2. The molecule has 0 aliphatic carbocycles. The fraction of sp³-hybridized carbons (Fsp3) is 0.200. The third-order valence-corrected chi connectivity index (χ3v) is 5.25. The first kappa shape index (κ1) is 21.6. The molecule has 1 aliphatic rings. The maximum atomic E-state index is 12.8. The number of fused-ring (bicyclic) bond motifs is 3. The molecule has 0 unspecified atom stereocenters. The van der Waals surface area contributed by atoms with Crippen molar-refractivity contribution in [2.75, 3.05) is 6.61 Å². The predicted molar refractivity (Wildman–Crippen MR) is 116 cm³/mol. The van der Waals surface area contributed by atoms with Crippen molar-refractivity contribution in [3.8, 4) is 11.1 Å². The van der Waals surface area contributed by atoms with E-state index in [1.54, 1.807) is 6.92 Å². The van der Waals surface area contributed by atoms with E-state index < -0.39 is 17.6 Å². The Kier molecular flexibility index (Phi) is 5.99. The number of amides is 1. The van der Waals surface area contributed by atoms with Crippen molar-refractivity contribution >= 4 is 11.9 Å². The van der Waals surface area contributed by atoms with E-state index in [1.807, 2.05) is 41.3 Å². The van der Waals surface area contributed by atoms with Gasteiger partial charge in [-0.05, 0) is 53.4 Å². The smallest absolute Gasteiger partial charge is 0.416 e. The molecule has 0 radical (unpaired) electrons. The first-order valence-corrected chi connectivity index (χ1v) is 10.2. The molecule has 1 amide bonds. The van der Waals surface area contributed by atoms with Gasteiger partial charge in [0.1, 0.15) is 0 Å². The fourth-order valence-corrected chi connectivity index (χ4v) is 3.72. The molecule has 0 aromatic heterocycles. The quantitative estimate of drug-likeness (QED) is 0.368. The summed E-state index contributed by atoms with van der Waals surface area (Å²) >= 11 is 0. The van der Waals surface area contributed by atoms with Gasteiger partial charge >= 0.3 is 6.18 Å². The third-order valence-electron chi connectivity index (χ3n) is 5.25. The van der Waals surface area contributed by atoms with Crippen LogP contribution in [0, 0.1) is 0 Å². The summed E-state index contributed by atoms with van der Waals surface area (Å²) in [6.07, 6.45) is -4.46. The summed E-state index contributed by atoms with van der Waals surface area (Å²) < 4.78 is 44.2. The molecule has 7 heteroatoms. The average molecular weight is 438 g/mol. The molecular weight excluding hydrogens is 417 g/mol. The molecule has 0 saturated heterocycles. The lowest BCUT2D eigenvalue weighted by Gasteiger charge is -2.24. The molecular formula is C25H21F3N2O2. The molecule has 1 heterocycles. The molecule has 3 aromatic rings. The van der Waals surface area contributed by atoms with E-state index in [4.69, 9.17) is 4.74 Å². The van der Waals surface area contributed by atoms with Crippen LogP contribution < -0.4 is 0 Å². The van der Waals surface area contributed by atoms with Crippen LogP contribution in [-0.2, 0) is 24.0 Å². The number of aliphatic imine (C=N–C) groups is 1. The van der Waals surface area contributed by atoms with Gasteiger partial charge < -0.3 is 9.64 Å². The number of carbonyl (C=O) groups is 1. The lowest BCUT2D eigenvalue weighted by atomic mass is 9.97. The number of hydrogen-bond acceptors (Lipinski definition) is 2. The Labute approximate surface area is 184 Å². The van der Waals surface area contributed by atoms with Gasteiger partial charge in [0, 0.05) is 18.7 Å². The summed E-state index contributed by atoms with van der Waals surface area (Å²) in [5.74, 6) is -0.659. The molecule has 0 spiro atoms. The summed E-state index contributed by atoms with van der Waals surface area (Å²) in [5.41, 5.74) is 3.58. The highest BCUT2D eigenvalue weighted by Crippen LogP contribution is 2.33. The maximum absolute atomic E-state index is 12.8. The number of hydrogen-bond donors (Lipinski definition) is 0. The first-order valence-electron chi connectivity index (χ1n) is 10.2. The van der Waals surface area contributed by atoms with E-state index in [2.05, 4.69) is 17.1 Å². The molecule has 0 fully saturated rings. The number of benzene rings is 3. The zero-order valence-corrected chi connectivity index (χ0v) is 17.4. The summed E-state index contributed by atoms with van der Waals surface area (Å²) in [5, 5.41) is 0. The number of nitrogens with zero attached hydrogens (tertiary/aromatic N) is 2. The van der Waals surface area contributed by atoms with Crippen LogP contribution in [0.5, 0.6) is 0 Å². The van der Waals surface area contributed by atoms with Gasteiger partial charge in [0.25, 0.3) is 11.9 Å². The van der Waals surface area contributed by atoms with Gasteiger partial charge in [0.15, 0.2) is 0 Å². The minimum absolute atomic E-state index is 0.0609. The summed E-state index contributed by atoms with van der Waals surface area (Å²) in [6, 6.07) is 20.2. The molecule has 0 N–H and O–H groups in total. The lowest BCUT2D eigenvalue weighted by Crippen LogP contribution is -2.32. The fourth-order valence-electron chi connectivity index (χ4n) is 3.72. The van der Waals surface area contributed by atoms with Gasteiger partial charge in [-0.15, -0.1) is 0 Å². The molecule has 0 atom stereocenters. The largest absolute Gasteiger partial charge is 0.465 e. The SMILES string of the molecule is CCOC(=NC(=O)c1ccc(C(F)(F)F)cc1)N1Cc2ccccc2-c2ccccc2C1. The van der Waals surface area contributed by atoms with Crippen LogP contribution in [0.15, 0.2) is 77.8 Å². The highest BCUT2D eigenvalue weighted by atomic mass is 19.4. The minimum Gasteiger partial charge on any atom is -0.465 e. The van der Waals surface area contributed by atoms with Crippen molar-refractivity contribution in [3.63, 3.8) is 0 Å². The molecule has 164 valence electrons.